The molecule has 4 rings (SSSR count). The number of aryl methyl sites for hydroxylation is 1. The summed E-state index contributed by atoms with van der Waals surface area (Å²) in [5, 5.41) is 0. The molecule has 0 aromatic heterocycles. The zero-order valence-electron chi connectivity index (χ0n) is 24.0. The van der Waals surface area contributed by atoms with Crippen LogP contribution in [0.2, 0.25) is 0 Å². The number of rotatable bonds is 14. The van der Waals surface area contributed by atoms with Gasteiger partial charge in [0.15, 0.2) is 11.6 Å². The predicted molar refractivity (Wildman–Crippen MR) is 164 cm³/mol. The standard InChI is InChI=1S/C37H43F3/c1-3-5-7-8-9-10-11-13-31-22-25-34(37(40)36(31)39)30-20-18-29(19-21-30)33-24-23-32(26-35(33)38)28-16-14-27(15-17-28)12-6-4-2/h4,16,18-27H,2-3,5-15,17H2,1H3. The number of unbranched alkanes of at least 4 members (excludes halogenated alkanes) is 6. The van der Waals surface area contributed by atoms with Gasteiger partial charge in [-0.1, -0.05) is 106 Å². The van der Waals surface area contributed by atoms with Crippen LogP contribution in [0.3, 0.4) is 0 Å². The summed E-state index contributed by atoms with van der Waals surface area (Å²) >= 11 is 0. The van der Waals surface area contributed by atoms with Gasteiger partial charge >= 0.3 is 0 Å². The van der Waals surface area contributed by atoms with Gasteiger partial charge in [0.25, 0.3) is 0 Å². The van der Waals surface area contributed by atoms with Crippen LogP contribution in [0.5, 0.6) is 0 Å². The Morgan fingerprint density at radius 2 is 1.43 bits per heavy atom. The SMILES string of the molecule is C=CCCC1CC=C(c2ccc(-c3ccc(-c4ccc(CCCCCCCCC)c(F)c4F)cc3)c(F)c2)CC1. The minimum absolute atomic E-state index is 0.235. The lowest BCUT2D eigenvalue weighted by Gasteiger charge is -2.22. The number of hydrogen-bond acceptors (Lipinski definition) is 0. The highest BCUT2D eigenvalue weighted by Gasteiger charge is 2.17. The van der Waals surface area contributed by atoms with Gasteiger partial charge in [0, 0.05) is 11.1 Å². The fourth-order valence-corrected chi connectivity index (χ4v) is 5.82. The average molecular weight is 545 g/mol. The van der Waals surface area contributed by atoms with Crippen molar-refractivity contribution in [2.45, 2.75) is 90.4 Å². The summed E-state index contributed by atoms with van der Waals surface area (Å²) in [6.45, 7) is 6.01. The van der Waals surface area contributed by atoms with Crippen LogP contribution in [-0.2, 0) is 6.42 Å². The topological polar surface area (TPSA) is 0 Å². The van der Waals surface area contributed by atoms with E-state index in [4.69, 9.17) is 0 Å². The van der Waals surface area contributed by atoms with E-state index in [-0.39, 0.29) is 11.4 Å². The molecule has 0 radical (unpaired) electrons. The van der Waals surface area contributed by atoms with Crippen LogP contribution in [-0.4, -0.2) is 0 Å². The van der Waals surface area contributed by atoms with Gasteiger partial charge in [0.2, 0.25) is 0 Å². The first kappa shape index (κ1) is 29.9. The molecule has 1 aliphatic carbocycles. The highest BCUT2D eigenvalue weighted by Crippen LogP contribution is 2.35. The van der Waals surface area contributed by atoms with Crippen molar-refractivity contribution in [2.75, 3.05) is 0 Å². The van der Waals surface area contributed by atoms with Crippen molar-refractivity contribution in [3.05, 3.63) is 102 Å². The summed E-state index contributed by atoms with van der Waals surface area (Å²) in [6.07, 6.45) is 18.1. The van der Waals surface area contributed by atoms with E-state index in [0.717, 1.165) is 56.9 Å². The average Bonchev–Trinajstić information content (AvgIpc) is 2.98. The minimum Gasteiger partial charge on any atom is -0.206 e. The number of halogens is 3. The molecule has 0 aliphatic heterocycles. The van der Waals surface area contributed by atoms with Crippen molar-refractivity contribution >= 4 is 5.57 Å². The van der Waals surface area contributed by atoms with E-state index < -0.39 is 11.6 Å². The quantitative estimate of drug-likeness (QED) is 0.140. The van der Waals surface area contributed by atoms with E-state index >= 15 is 8.78 Å². The van der Waals surface area contributed by atoms with Gasteiger partial charge in [-0.2, -0.15) is 0 Å². The maximum atomic E-state index is 15.2. The van der Waals surface area contributed by atoms with E-state index in [9.17, 15) is 4.39 Å². The van der Waals surface area contributed by atoms with Gasteiger partial charge < -0.3 is 0 Å². The highest BCUT2D eigenvalue weighted by atomic mass is 19.2. The van der Waals surface area contributed by atoms with Crippen molar-refractivity contribution in [2.24, 2.45) is 5.92 Å². The lowest BCUT2D eigenvalue weighted by Crippen LogP contribution is -2.05. The summed E-state index contributed by atoms with van der Waals surface area (Å²) in [4.78, 5) is 0. The first-order chi connectivity index (χ1) is 19.5. The van der Waals surface area contributed by atoms with E-state index in [2.05, 4.69) is 19.6 Å². The molecule has 0 N–H and O–H groups in total. The first-order valence-electron chi connectivity index (χ1n) is 15.2. The molecule has 40 heavy (non-hydrogen) atoms. The zero-order chi connectivity index (χ0) is 28.3. The Morgan fingerprint density at radius 1 is 0.775 bits per heavy atom. The van der Waals surface area contributed by atoms with Crippen LogP contribution in [0.25, 0.3) is 27.8 Å². The van der Waals surface area contributed by atoms with Crippen LogP contribution in [0.4, 0.5) is 13.2 Å². The second kappa shape index (κ2) is 15.1. The summed E-state index contributed by atoms with van der Waals surface area (Å²) in [5.74, 6) is -1.15. The maximum Gasteiger partial charge on any atom is 0.166 e. The van der Waals surface area contributed by atoms with Gasteiger partial charge in [-0.25, -0.2) is 13.2 Å². The van der Waals surface area contributed by atoms with Crippen LogP contribution in [0, 0.1) is 23.4 Å². The van der Waals surface area contributed by atoms with Crippen LogP contribution in [0.15, 0.2) is 73.3 Å². The largest absolute Gasteiger partial charge is 0.206 e. The third-order valence-corrected chi connectivity index (χ3v) is 8.36. The van der Waals surface area contributed by atoms with Crippen LogP contribution < -0.4 is 0 Å². The van der Waals surface area contributed by atoms with Gasteiger partial charge in [-0.15, -0.1) is 6.58 Å². The zero-order valence-corrected chi connectivity index (χ0v) is 24.0. The van der Waals surface area contributed by atoms with Crippen molar-refractivity contribution in [3.63, 3.8) is 0 Å². The van der Waals surface area contributed by atoms with Crippen LogP contribution >= 0.6 is 0 Å². The molecule has 1 unspecified atom stereocenters. The Hall–Kier alpha value is -3.07. The van der Waals surface area contributed by atoms with Gasteiger partial charge in [0.1, 0.15) is 5.82 Å². The molecule has 3 aromatic carbocycles. The Kier molecular flexibility index (Phi) is 11.3. The Balaban J connectivity index is 1.39. The summed E-state index contributed by atoms with van der Waals surface area (Å²) in [6, 6.07) is 15.8. The monoisotopic (exact) mass is 544 g/mol. The molecule has 3 heteroatoms. The third-order valence-electron chi connectivity index (χ3n) is 8.36. The Labute approximate surface area is 239 Å². The lowest BCUT2D eigenvalue weighted by atomic mass is 9.84. The molecule has 0 nitrogen and oxygen atoms in total. The molecular weight excluding hydrogens is 501 g/mol. The molecule has 0 heterocycles. The molecule has 212 valence electrons. The smallest absolute Gasteiger partial charge is 0.166 e. The molecule has 1 atom stereocenters. The van der Waals surface area contributed by atoms with Gasteiger partial charge in [-0.05, 0) is 84.8 Å². The van der Waals surface area contributed by atoms with Crippen molar-refractivity contribution in [1.82, 2.24) is 0 Å². The predicted octanol–water partition coefficient (Wildman–Crippen LogP) is 11.9. The second-order valence-electron chi connectivity index (χ2n) is 11.3. The maximum absolute atomic E-state index is 15.2. The lowest BCUT2D eigenvalue weighted by molar-refractivity contribution is 0.454. The summed E-state index contributed by atoms with van der Waals surface area (Å²) in [7, 11) is 0. The first-order valence-corrected chi connectivity index (χ1v) is 15.2. The van der Waals surface area contributed by atoms with E-state index in [1.807, 2.05) is 18.2 Å². The normalized spacial score (nSPS) is 15.2. The summed E-state index contributed by atoms with van der Waals surface area (Å²) in [5.41, 5.74) is 4.63. The van der Waals surface area contributed by atoms with Gasteiger partial charge in [0.05, 0.1) is 0 Å². The number of allylic oxidation sites excluding steroid dienone is 3. The minimum atomic E-state index is -0.809. The third kappa shape index (κ3) is 7.77. The molecule has 3 aromatic rings. The fraction of sp³-hybridized carbons (Fsp3) is 0.405. The van der Waals surface area contributed by atoms with Crippen molar-refractivity contribution < 1.29 is 13.2 Å². The molecule has 0 fully saturated rings. The van der Waals surface area contributed by atoms with E-state index in [1.54, 1.807) is 42.5 Å². The van der Waals surface area contributed by atoms with E-state index in [0.29, 0.717) is 34.6 Å². The molecule has 0 saturated heterocycles. The highest BCUT2D eigenvalue weighted by molar-refractivity contribution is 5.74. The molecule has 0 spiro atoms. The molecule has 1 aliphatic rings. The molecule has 0 amide bonds. The summed E-state index contributed by atoms with van der Waals surface area (Å²) < 4.78 is 45.0. The second-order valence-corrected chi connectivity index (χ2v) is 11.3. The van der Waals surface area contributed by atoms with Crippen molar-refractivity contribution in [1.29, 1.82) is 0 Å². The van der Waals surface area contributed by atoms with Gasteiger partial charge in [-0.3, -0.25) is 0 Å². The fourth-order valence-electron chi connectivity index (χ4n) is 5.82. The van der Waals surface area contributed by atoms with Crippen LogP contribution in [0.1, 0.15) is 95.1 Å². The van der Waals surface area contributed by atoms with E-state index in [1.165, 1.54) is 31.3 Å². The number of hydrogen-bond donors (Lipinski definition) is 0. The van der Waals surface area contributed by atoms with Crippen molar-refractivity contribution in [3.8, 4) is 22.3 Å². The Bertz CT molecular complexity index is 1290. The molecule has 0 bridgehead atoms. The molecule has 0 saturated carbocycles. The Morgan fingerprint density at radius 3 is 2.08 bits per heavy atom. The molecular formula is C37H43F3. The number of benzene rings is 3.